The second kappa shape index (κ2) is 10.6. The molecule has 1 rings (SSSR count). The highest BCUT2D eigenvalue weighted by Crippen LogP contribution is 2.21. The molecule has 2 amide bonds. The predicted octanol–water partition coefficient (Wildman–Crippen LogP) is 4.03. The highest BCUT2D eigenvalue weighted by atomic mass is 35.5. The zero-order chi connectivity index (χ0) is 18.1. The molecule has 1 aromatic carbocycles. The van der Waals surface area contributed by atoms with E-state index in [9.17, 15) is 9.59 Å². The Morgan fingerprint density at radius 3 is 2.12 bits per heavy atom. The standard InChI is InChI=1S/C18H26Cl2N2O2/c1-4-9-21(10-5-2)18(24)13-22(14(3)23)11-8-15-6-7-16(19)12-17(15)20/h6-7,12H,4-5,8-11,13H2,1-3H3. The van der Waals surface area contributed by atoms with E-state index in [4.69, 9.17) is 23.2 Å². The first kappa shape index (κ1) is 20.8. The first-order valence-electron chi connectivity index (χ1n) is 8.36. The van der Waals surface area contributed by atoms with Gasteiger partial charge in [-0.05, 0) is 37.0 Å². The fourth-order valence-corrected chi connectivity index (χ4v) is 2.99. The van der Waals surface area contributed by atoms with Gasteiger partial charge in [0, 0.05) is 36.6 Å². The lowest BCUT2D eigenvalue weighted by Crippen LogP contribution is -2.43. The number of hydrogen-bond acceptors (Lipinski definition) is 2. The number of carbonyl (C=O) groups is 2. The summed E-state index contributed by atoms with van der Waals surface area (Å²) >= 11 is 12.1. The van der Waals surface area contributed by atoms with Crippen LogP contribution in [0.5, 0.6) is 0 Å². The SMILES string of the molecule is CCCN(CCC)C(=O)CN(CCc1ccc(Cl)cc1Cl)C(C)=O. The molecule has 0 unspecified atom stereocenters. The van der Waals surface area contributed by atoms with E-state index >= 15 is 0 Å². The Hall–Kier alpha value is -1.26. The van der Waals surface area contributed by atoms with E-state index < -0.39 is 0 Å². The first-order chi connectivity index (χ1) is 11.4. The van der Waals surface area contributed by atoms with E-state index in [1.807, 2.05) is 24.8 Å². The third kappa shape index (κ3) is 6.70. The molecule has 0 N–H and O–H groups in total. The normalized spacial score (nSPS) is 10.5. The summed E-state index contributed by atoms with van der Waals surface area (Å²) in [4.78, 5) is 27.7. The van der Waals surface area contributed by atoms with Gasteiger partial charge in [-0.25, -0.2) is 0 Å². The van der Waals surface area contributed by atoms with Crippen molar-refractivity contribution in [2.24, 2.45) is 0 Å². The fourth-order valence-electron chi connectivity index (χ4n) is 2.49. The van der Waals surface area contributed by atoms with Crippen molar-refractivity contribution in [1.29, 1.82) is 0 Å². The van der Waals surface area contributed by atoms with Gasteiger partial charge in [0.2, 0.25) is 11.8 Å². The molecule has 1 aromatic rings. The molecule has 0 saturated heterocycles. The number of rotatable bonds is 9. The second-order valence-corrected chi connectivity index (χ2v) is 6.65. The molecular weight excluding hydrogens is 347 g/mol. The van der Waals surface area contributed by atoms with Crippen molar-refractivity contribution in [3.8, 4) is 0 Å². The summed E-state index contributed by atoms with van der Waals surface area (Å²) in [5, 5.41) is 1.16. The highest BCUT2D eigenvalue weighted by molar-refractivity contribution is 6.35. The summed E-state index contributed by atoms with van der Waals surface area (Å²) in [6.45, 7) is 7.58. The van der Waals surface area contributed by atoms with Crippen molar-refractivity contribution in [2.45, 2.75) is 40.0 Å². The summed E-state index contributed by atoms with van der Waals surface area (Å²) in [6, 6.07) is 5.31. The van der Waals surface area contributed by atoms with Crippen LogP contribution in [-0.4, -0.2) is 47.8 Å². The summed E-state index contributed by atoms with van der Waals surface area (Å²) in [5.74, 6) is -0.113. The molecule has 0 aliphatic carbocycles. The van der Waals surface area contributed by atoms with Crippen molar-refractivity contribution in [2.75, 3.05) is 26.2 Å². The minimum absolute atomic E-state index is 0.00361. The van der Waals surface area contributed by atoms with Crippen LogP contribution in [0.1, 0.15) is 39.2 Å². The van der Waals surface area contributed by atoms with Crippen LogP contribution in [0, 0.1) is 0 Å². The summed E-state index contributed by atoms with van der Waals surface area (Å²) in [7, 11) is 0. The lowest BCUT2D eigenvalue weighted by atomic mass is 10.1. The molecular formula is C18H26Cl2N2O2. The van der Waals surface area contributed by atoms with E-state index in [0.29, 0.717) is 23.0 Å². The molecule has 134 valence electrons. The molecule has 0 heterocycles. The molecule has 0 saturated carbocycles. The van der Waals surface area contributed by atoms with E-state index in [2.05, 4.69) is 0 Å². The zero-order valence-corrected chi connectivity index (χ0v) is 16.2. The number of benzene rings is 1. The largest absolute Gasteiger partial charge is 0.341 e. The van der Waals surface area contributed by atoms with E-state index in [-0.39, 0.29) is 18.4 Å². The van der Waals surface area contributed by atoms with Crippen molar-refractivity contribution in [1.82, 2.24) is 9.80 Å². The van der Waals surface area contributed by atoms with Crippen LogP contribution in [-0.2, 0) is 16.0 Å². The Morgan fingerprint density at radius 2 is 1.62 bits per heavy atom. The number of carbonyl (C=O) groups excluding carboxylic acids is 2. The number of nitrogens with zero attached hydrogens (tertiary/aromatic N) is 2. The molecule has 0 aliphatic heterocycles. The molecule has 24 heavy (non-hydrogen) atoms. The monoisotopic (exact) mass is 372 g/mol. The quantitative estimate of drug-likeness (QED) is 0.656. The van der Waals surface area contributed by atoms with Crippen molar-refractivity contribution in [3.63, 3.8) is 0 Å². The third-order valence-corrected chi connectivity index (χ3v) is 4.36. The van der Waals surface area contributed by atoms with Crippen LogP contribution < -0.4 is 0 Å². The summed E-state index contributed by atoms with van der Waals surface area (Å²) < 4.78 is 0. The average Bonchev–Trinajstić information content (AvgIpc) is 2.52. The lowest BCUT2D eigenvalue weighted by molar-refractivity contribution is -0.139. The van der Waals surface area contributed by atoms with Crippen LogP contribution >= 0.6 is 23.2 Å². The Bertz CT molecular complexity index is 558. The highest BCUT2D eigenvalue weighted by Gasteiger charge is 2.18. The maximum Gasteiger partial charge on any atom is 0.242 e. The molecule has 0 radical (unpaired) electrons. The smallest absolute Gasteiger partial charge is 0.242 e. The van der Waals surface area contributed by atoms with Gasteiger partial charge in [0.25, 0.3) is 0 Å². The third-order valence-electron chi connectivity index (χ3n) is 3.78. The average molecular weight is 373 g/mol. The van der Waals surface area contributed by atoms with Crippen LogP contribution in [0.4, 0.5) is 0 Å². The molecule has 0 aliphatic rings. The number of halogens is 2. The lowest BCUT2D eigenvalue weighted by Gasteiger charge is -2.26. The minimum atomic E-state index is -0.110. The maximum absolute atomic E-state index is 12.4. The molecule has 0 spiro atoms. The molecule has 6 heteroatoms. The van der Waals surface area contributed by atoms with Crippen molar-refractivity contribution >= 4 is 35.0 Å². The topological polar surface area (TPSA) is 40.6 Å². The van der Waals surface area contributed by atoms with Crippen LogP contribution in [0.3, 0.4) is 0 Å². The molecule has 4 nitrogen and oxygen atoms in total. The zero-order valence-electron chi connectivity index (χ0n) is 14.6. The van der Waals surface area contributed by atoms with Gasteiger partial charge in [-0.15, -0.1) is 0 Å². The minimum Gasteiger partial charge on any atom is -0.341 e. The fraction of sp³-hybridized carbons (Fsp3) is 0.556. The van der Waals surface area contributed by atoms with Crippen molar-refractivity contribution in [3.05, 3.63) is 33.8 Å². The van der Waals surface area contributed by atoms with Gasteiger partial charge in [-0.2, -0.15) is 0 Å². The second-order valence-electron chi connectivity index (χ2n) is 5.81. The van der Waals surface area contributed by atoms with Gasteiger partial charge in [0.15, 0.2) is 0 Å². The van der Waals surface area contributed by atoms with Crippen LogP contribution in [0.2, 0.25) is 10.0 Å². The molecule has 0 aromatic heterocycles. The Kier molecular flexibility index (Phi) is 9.16. The maximum atomic E-state index is 12.4. The summed E-state index contributed by atoms with van der Waals surface area (Å²) in [5.41, 5.74) is 0.915. The molecule has 0 fully saturated rings. The first-order valence-corrected chi connectivity index (χ1v) is 9.11. The van der Waals surface area contributed by atoms with Gasteiger partial charge >= 0.3 is 0 Å². The van der Waals surface area contributed by atoms with Crippen LogP contribution in [0.25, 0.3) is 0 Å². The van der Waals surface area contributed by atoms with Crippen LogP contribution in [0.15, 0.2) is 18.2 Å². The predicted molar refractivity (Wildman–Crippen MR) is 99.6 cm³/mol. The van der Waals surface area contributed by atoms with E-state index in [0.717, 1.165) is 31.5 Å². The van der Waals surface area contributed by atoms with Gasteiger partial charge in [-0.1, -0.05) is 43.1 Å². The van der Waals surface area contributed by atoms with Gasteiger partial charge in [0.1, 0.15) is 0 Å². The van der Waals surface area contributed by atoms with Crippen molar-refractivity contribution < 1.29 is 9.59 Å². The Morgan fingerprint density at radius 1 is 1.00 bits per heavy atom. The van der Waals surface area contributed by atoms with Gasteiger partial charge in [0.05, 0.1) is 6.54 Å². The van der Waals surface area contributed by atoms with E-state index in [1.165, 1.54) is 6.92 Å². The Labute approximate surface area is 154 Å². The van der Waals surface area contributed by atoms with E-state index in [1.54, 1.807) is 17.0 Å². The molecule has 0 bridgehead atoms. The van der Waals surface area contributed by atoms with Gasteiger partial charge in [-0.3, -0.25) is 9.59 Å². The van der Waals surface area contributed by atoms with Gasteiger partial charge < -0.3 is 9.80 Å². The number of amides is 2. The molecule has 0 atom stereocenters. The summed E-state index contributed by atoms with van der Waals surface area (Å²) in [6.07, 6.45) is 2.41. The Balaban J connectivity index is 2.69. The number of hydrogen-bond donors (Lipinski definition) is 0.